The Morgan fingerprint density at radius 1 is 1.07 bits per heavy atom. The van der Waals surface area contributed by atoms with Crippen molar-refractivity contribution in [2.24, 2.45) is 0 Å². The SMILES string of the molecule is CS(=O)[c-]1cccc1.[Fe+2].c1cc[cH-]c1. The summed E-state index contributed by atoms with van der Waals surface area (Å²) in [7, 11) is -0.798. The average Bonchev–Trinajstić information content (AvgIpc) is 2.82. The van der Waals surface area contributed by atoms with Gasteiger partial charge in [0.15, 0.2) is 0 Å². The Bertz CT molecular complexity index is 307. The molecule has 2 rings (SSSR count). The molecular weight excluding hydrogens is 236 g/mol. The van der Waals surface area contributed by atoms with Gasteiger partial charge in [0.05, 0.1) is 0 Å². The van der Waals surface area contributed by atoms with Gasteiger partial charge >= 0.3 is 17.1 Å². The minimum Gasteiger partial charge on any atom is -0.268 e. The Kier molecular flexibility index (Phi) is 7.39. The quantitative estimate of drug-likeness (QED) is 0.560. The van der Waals surface area contributed by atoms with Crippen molar-refractivity contribution in [3.8, 4) is 0 Å². The molecule has 0 amide bonds. The third-order valence-corrected chi connectivity index (χ3v) is 2.46. The molecule has 0 aliphatic rings. The van der Waals surface area contributed by atoms with E-state index < -0.39 is 10.8 Å². The summed E-state index contributed by atoms with van der Waals surface area (Å²) < 4.78 is 10.6. The van der Waals surface area contributed by atoms with Gasteiger partial charge in [-0.25, -0.2) is 24.3 Å². The Morgan fingerprint density at radius 2 is 1.57 bits per heavy atom. The normalized spacial score (nSPS) is 10.6. The Morgan fingerprint density at radius 3 is 1.79 bits per heavy atom. The second-order valence-corrected chi connectivity index (χ2v) is 3.92. The van der Waals surface area contributed by atoms with Crippen LogP contribution in [0.15, 0.2) is 59.5 Å². The first-order chi connectivity index (χ1) is 6.30. The van der Waals surface area contributed by atoms with Crippen molar-refractivity contribution in [2.45, 2.75) is 4.90 Å². The molecule has 3 heteroatoms. The van der Waals surface area contributed by atoms with Crippen LogP contribution in [0.4, 0.5) is 0 Å². The van der Waals surface area contributed by atoms with Crippen LogP contribution in [0.3, 0.4) is 0 Å². The Labute approximate surface area is 97.8 Å². The van der Waals surface area contributed by atoms with Gasteiger partial charge in [-0.2, -0.15) is 30.3 Å². The molecule has 0 heterocycles. The van der Waals surface area contributed by atoms with Gasteiger partial charge < -0.3 is 0 Å². The molecule has 1 atom stereocenters. The van der Waals surface area contributed by atoms with Crippen LogP contribution in [0.2, 0.25) is 0 Å². The molecule has 0 fully saturated rings. The van der Waals surface area contributed by atoms with Crippen molar-refractivity contribution >= 4 is 10.8 Å². The van der Waals surface area contributed by atoms with Crippen LogP contribution in [0.1, 0.15) is 0 Å². The van der Waals surface area contributed by atoms with E-state index in [0.717, 1.165) is 4.90 Å². The van der Waals surface area contributed by atoms with Crippen LogP contribution in [0.25, 0.3) is 0 Å². The van der Waals surface area contributed by atoms with Crippen LogP contribution in [0.5, 0.6) is 0 Å². The van der Waals surface area contributed by atoms with Crippen LogP contribution in [-0.2, 0) is 27.9 Å². The van der Waals surface area contributed by atoms with E-state index in [1.54, 1.807) is 6.26 Å². The summed E-state index contributed by atoms with van der Waals surface area (Å²) in [4.78, 5) is 0.907. The molecule has 0 saturated heterocycles. The zero-order chi connectivity index (χ0) is 9.52. The molecule has 0 aromatic heterocycles. The molecule has 0 aliphatic carbocycles. The van der Waals surface area contributed by atoms with Gasteiger partial charge in [-0.3, -0.25) is 4.21 Å². The topological polar surface area (TPSA) is 17.1 Å². The van der Waals surface area contributed by atoms with Gasteiger partial charge in [-0.1, -0.05) is 4.90 Å². The maximum absolute atomic E-state index is 10.6. The van der Waals surface area contributed by atoms with Crippen molar-refractivity contribution in [1.82, 2.24) is 0 Å². The van der Waals surface area contributed by atoms with E-state index in [9.17, 15) is 4.21 Å². The van der Waals surface area contributed by atoms with Gasteiger partial charge in [-0.15, -0.1) is 0 Å². The number of hydrogen-bond acceptors (Lipinski definition) is 1. The first-order valence-corrected chi connectivity index (χ1v) is 5.58. The third kappa shape index (κ3) is 5.18. The van der Waals surface area contributed by atoms with E-state index in [1.165, 1.54) is 0 Å². The Balaban J connectivity index is 0.000000246. The third-order valence-electron chi connectivity index (χ3n) is 1.52. The van der Waals surface area contributed by atoms with Crippen LogP contribution in [0, 0.1) is 0 Å². The van der Waals surface area contributed by atoms with Crippen molar-refractivity contribution in [3.05, 3.63) is 54.6 Å². The van der Waals surface area contributed by atoms with Gasteiger partial charge in [-0.05, 0) is 10.8 Å². The van der Waals surface area contributed by atoms with E-state index >= 15 is 0 Å². The maximum atomic E-state index is 10.6. The van der Waals surface area contributed by atoms with E-state index in [0.29, 0.717) is 0 Å². The molecule has 1 nitrogen and oxygen atoms in total. The molecule has 0 radical (unpaired) electrons. The van der Waals surface area contributed by atoms with Gasteiger partial charge in [0.1, 0.15) is 0 Å². The minimum atomic E-state index is -0.798. The van der Waals surface area contributed by atoms with Crippen LogP contribution in [-0.4, -0.2) is 10.5 Å². The molecule has 76 valence electrons. The first-order valence-electron chi connectivity index (χ1n) is 4.02. The van der Waals surface area contributed by atoms with E-state index in [1.807, 2.05) is 54.6 Å². The summed E-state index contributed by atoms with van der Waals surface area (Å²) in [5, 5.41) is 0. The number of rotatable bonds is 1. The van der Waals surface area contributed by atoms with Crippen molar-refractivity contribution < 1.29 is 21.3 Å². The molecule has 0 aliphatic heterocycles. The zero-order valence-electron chi connectivity index (χ0n) is 7.87. The molecular formula is C11H12FeOS. The van der Waals surface area contributed by atoms with Crippen molar-refractivity contribution in [2.75, 3.05) is 6.26 Å². The van der Waals surface area contributed by atoms with E-state index in [4.69, 9.17) is 0 Å². The predicted octanol–water partition coefficient (Wildman–Crippen LogP) is 2.55. The summed E-state index contributed by atoms with van der Waals surface area (Å²) in [5.74, 6) is 0. The second-order valence-electron chi connectivity index (χ2n) is 2.54. The summed E-state index contributed by atoms with van der Waals surface area (Å²) in [6.45, 7) is 0. The molecule has 2 aromatic rings. The fourth-order valence-corrected chi connectivity index (χ4v) is 1.41. The zero-order valence-corrected chi connectivity index (χ0v) is 9.79. The maximum Gasteiger partial charge on any atom is 2.00 e. The monoisotopic (exact) mass is 248 g/mol. The molecule has 0 spiro atoms. The van der Waals surface area contributed by atoms with Crippen LogP contribution >= 0.6 is 0 Å². The van der Waals surface area contributed by atoms with Crippen molar-refractivity contribution in [1.29, 1.82) is 0 Å². The fourth-order valence-electron chi connectivity index (χ4n) is 0.869. The number of hydrogen-bond donors (Lipinski definition) is 0. The standard InChI is InChI=1S/C6H7OS.C5H5.Fe/c1-8(7)6-4-2-3-5-6;1-2-4-5-3-1;/h2-5H,1H3;1-5H;/q2*-1;+2. The summed E-state index contributed by atoms with van der Waals surface area (Å²) in [5.41, 5.74) is 0. The summed E-state index contributed by atoms with van der Waals surface area (Å²) in [6.07, 6.45) is 1.68. The summed E-state index contributed by atoms with van der Waals surface area (Å²) >= 11 is 0. The average molecular weight is 248 g/mol. The smallest absolute Gasteiger partial charge is 0.268 e. The Hall–Kier alpha value is -0.631. The molecule has 2 aromatic carbocycles. The van der Waals surface area contributed by atoms with E-state index in [2.05, 4.69) is 0 Å². The fraction of sp³-hybridized carbons (Fsp3) is 0.0909. The van der Waals surface area contributed by atoms with Crippen LogP contribution < -0.4 is 0 Å². The first kappa shape index (κ1) is 13.4. The van der Waals surface area contributed by atoms with E-state index in [-0.39, 0.29) is 17.1 Å². The van der Waals surface area contributed by atoms with Gasteiger partial charge in [0, 0.05) is 6.26 Å². The minimum absolute atomic E-state index is 0. The molecule has 0 bridgehead atoms. The molecule has 0 saturated carbocycles. The summed E-state index contributed by atoms with van der Waals surface area (Å²) in [6, 6.07) is 17.5. The molecule has 0 N–H and O–H groups in total. The predicted molar refractivity (Wildman–Crippen MR) is 56.4 cm³/mol. The largest absolute Gasteiger partial charge is 2.00 e. The van der Waals surface area contributed by atoms with Crippen molar-refractivity contribution in [3.63, 3.8) is 0 Å². The van der Waals surface area contributed by atoms with Gasteiger partial charge in [0.25, 0.3) is 0 Å². The molecule has 14 heavy (non-hydrogen) atoms. The second kappa shape index (κ2) is 7.74. The molecule has 1 unspecified atom stereocenters. The van der Waals surface area contributed by atoms with Gasteiger partial charge in [0.2, 0.25) is 0 Å².